The highest BCUT2D eigenvalue weighted by Gasteiger charge is 2.35. The first kappa shape index (κ1) is 23.1. The van der Waals surface area contributed by atoms with Gasteiger partial charge in [0.25, 0.3) is 11.8 Å². The zero-order valence-corrected chi connectivity index (χ0v) is 17.8. The summed E-state index contributed by atoms with van der Waals surface area (Å²) in [4.78, 5) is 39.5. The predicted octanol–water partition coefficient (Wildman–Crippen LogP) is 4.79. The molecule has 0 bridgehead atoms. The minimum absolute atomic E-state index is 0.00713. The van der Waals surface area contributed by atoms with Gasteiger partial charge in [-0.2, -0.15) is 13.2 Å². The second kappa shape index (κ2) is 9.42. The van der Waals surface area contributed by atoms with Crippen molar-refractivity contribution in [3.8, 4) is 0 Å². The summed E-state index contributed by atoms with van der Waals surface area (Å²) in [5.41, 5.74) is -0.423. The van der Waals surface area contributed by atoms with Crippen LogP contribution < -0.4 is 10.6 Å². The third kappa shape index (κ3) is 5.11. The summed E-state index contributed by atoms with van der Waals surface area (Å²) < 4.78 is 43.9. The van der Waals surface area contributed by atoms with Crippen molar-refractivity contribution in [1.29, 1.82) is 0 Å². The van der Waals surface area contributed by atoms with Crippen molar-refractivity contribution in [3.63, 3.8) is 0 Å². The Morgan fingerprint density at radius 2 is 1.68 bits per heavy atom. The van der Waals surface area contributed by atoms with E-state index >= 15 is 0 Å². The molecule has 1 aliphatic rings. The maximum Gasteiger partial charge on any atom is 0.416 e. The molecule has 0 radical (unpaired) electrons. The van der Waals surface area contributed by atoms with Crippen molar-refractivity contribution in [2.75, 3.05) is 17.2 Å². The van der Waals surface area contributed by atoms with Crippen LogP contribution in [0.5, 0.6) is 0 Å². The zero-order chi connectivity index (χ0) is 24.3. The molecule has 2 aromatic carbocycles. The van der Waals surface area contributed by atoms with Gasteiger partial charge in [0, 0.05) is 23.5 Å². The Kier molecular flexibility index (Phi) is 6.40. The summed E-state index contributed by atoms with van der Waals surface area (Å²) in [6.07, 6.45) is -2.01. The number of benzene rings is 2. The van der Waals surface area contributed by atoms with Crippen molar-refractivity contribution >= 4 is 29.1 Å². The molecule has 1 aliphatic heterocycles. The first-order valence-corrected chi connectivity index (χ1v) is 10.5. The van der Waals surface area contributed by atoms with Crippen molar-refractivity contribution in [1.82, 2.24) is 4.90 Å². The Morgan fingerprint density at radius 3 is 2.38 bits per heavy atom. The third-order valence-electron chi connectivity index (χ3n) is 5.39. The summed E-state index contributed by atoms with van der Waals surface area (Å²) in [6.45, 7) is 0.414. The molecule has 7 nitrogen and oxygen atoms in total. The molecule has 3 aromatic rings. The lowest BCUT2D eigenvalue weighted by molar-refractivity contribution is -0.137. The van der Waals surface area contributed by atoms with E-state index in [0.29, 0.717) is 25.1 Å². The number of halogens is 3. The summed E-state index contributed by atoms with van der Waals surface area (Å²) in [6, 6.07) is 12.7. The van der Waals surface area contributed by atoms with Gasteiger partial charge in [-0.3, -0.25) is 14.4 Å². The number of carbonyl (C=O) groups is 3. The molecule has 2 N–H and O–H groups in total. The van der Waals surface area contributed by atoms with Gasteiger partial charge >= 0.3 is 6.18 Å². The maximum atomic E-state index is 12.9. The monoisotopic (exact) mass is 471 g/mol. The number of anilines is 2. The van der Waals surface area contributed by atoms with Crippen molar-refractivity contribution in [2.24, 2.45) is 0 Å². The first-order chi connectivity index (χ1) is 16.2. The fraction of sp³-hybridized carbons (Fsp3) is 0.208. The van der Waals surface area contributed by atoms with Crippen LogP contribution in [0.2, 0.25) is 0 Å². The van der Waals surface area contributed by atoms with Crippen LogP contribution in [0.25, 0.3) is 0 Å². The van der Waals surface area contributed by atoms with Crippen LogP contribution in [0.4, 0.5) is 24.5 Å². The van der Waals surface area contributed by atoms with E-state index < -0.39 is 29.6 Å². The number of furan rings is 1. The molecule has 4 rings (SSSR count). The van der Waals surface area contributed by atoms with Crippen LogP contribution in [0.3, 0.4) is 0 Å². The zero-order valence-electron chi connectivity index (χ0n) is 17.8. The van der Waals surface area contributed by atoms with Gasteiger partial charge < -0.3 is 20.0 Å². The van der Waals surface area contributed by atoms with E-state index in [-0.39, 0.29) is 22.9 Å². The third-order valence-corrected chi connectivity index (χ3v) is 5.39. The van der Waals surface area contributed by atoms with Gasteiger partial charge in [-0.25, -0.2) is 0 Å². The Bertz CT molecular complexity index is 1210. The van der Waals surface area contributed by atoms with Crippen LogP contribution in [0.15, 0.2) is 71.3 Å². The van der Waals surface area contributed by atoms with Crippen molar-refractivity contribution < 1.29 is 32.0 Å². The molecule has 0 unspecified atom stereocenters. The molecule has 1 aromatic heterocycles. The molecule has 1 atom stereocenters. The highest BCUT2D eigenvalue weighted by molar-refractivity contribution is 6.06. The molecule has 0 saturated carbocycles. The largest absolute Gasteiger partial charge is 0.459 e. The Hall–Kier alpha value is -4.08. The lowest BCUT2D eigenvalue weighted by Crippen LogP contribution is -2.43. The van der Waals surface area contributed by atoms with Crippen LogP contribution in [-0.4, -0.2) is 35.2 Å². The molecule has 0 spiro atoms. The molecular weight excluding hydrogens is 451 g/mol. The van der Waals surface area contributed by atoms with E-state index in [1.165, 1.54) is 47.6 Å². The predicted molar refractivity (Wildman–Crippen MR) is 117 cm³/mol. The fourth-order valence-corrected chi connectivity index (χ4v) is 3.76. The number of amides is 3. The topological polar surface area (TPSA) is 91.7 Å². The lowest BCUT2D eigenvalue weighted by Gasteiger charge is -2.23. The summed E-state index contributed by atoms with van der Waals surface area (Å²) >= 11 is 0. The lowest BCUT2D eigenvalue weighted by atomic mass is 10.1. The highest BCUT2D eigenvalue weighted by Crippen LogP contribution is 2.31. The minimum Gasteiger partial charge on any atom is -0.459 e. The van der Waals surface area contributed by atoms with Crippen LogP contribution in [0, 0.1) is 0 Å². The van der Waals surface area contributed by atoms with Crippen LogP contribution in [0.1, 0.15) is 39.3 Å². The number of nitrogens with one attached hydrogen (secondary N) is 2. The Balaban J connectivity index is 1.44. The Labute approximate surface area is 192 Å². The number of likely N-dealkylation sites (tertiary alicyclic amines) is 1. The van der Waals surface area contributed by atoms with Crippen molar-refractivity contribution in [3.05, 3.63) is 83.8 Å². The SMILES string of the molecule is O=C(Nc1cccc(C(F)(F)F)c1)c1cccc(NC(=O)[C@@H]2CCCN2C(=O)c2ccco2)c1. The number of hydrogen-bond acceptors (Lipinski definition) is 4. The van der Waals surface area contributed by atoms with E-state index in [0.717, 1.165) is 12.1 Å². The number of carbonyl (C=O) groups excluding carboxylic acids is 3. The molecule has 1 fully saturated rings. The van der Waals surface area contributed by atoms with Gasteiger partial charge in [0.15, 0.2) is 5.76 Å². The number of rotatable bonds is 5. The van der Waals surface area contributed by atoms with Gasteiger partial charge in [0.05, 0.1) is 11.8 Å². The Morgan fingerprint density at radius 1 is 0.941 bits per heavy atom. The summed E-state index contributed by atoms with van der Waals surface area (Å²) in [5, 5.41) is 5.14. The van der Waals surface area contributed by atoms with Gasteiger partial charge in [-0.1, -0.05) is 12.1 Å². The number of hydrogen-bond donors (Lipinski definition) is 2. The second-order valence-electron chi connectivity index (χ2n) is 7.74. The van der Waals surface area contributed by atoms with Crippen molar-refractivity contribution in [2.45, 2.75) is 25.1 Å². The quantitative estimate of drug-likeness (QED) is 0.560. The molecule has 34 heavy (non-hydrogen) atoms. The van der Waals surface area contributed by atoms with E-state index in [4.69, 9.17) is 4.42 Å². The van der Waals surface area contributed by atoms with Gasteiger partial charge in [0.1, 0.15) is 6.04 Å². The normalized spacial score (nSPS) is 15.7. The summed E-state index contributed by atoms with van der Waals surface area (Å²) in [5.74, 6) is -1.27. The van der Waals surface area contributed by atoms with E-state index in [9.17, 15) is 27.6 Å². The van der Waals surface area contributed by atoms with Crippen LogP contribution >= 0.6 is 0 Å². The first-order valence-electron chi connectivity index (χ1n) is 10.5. The maximum absolute atomic E-state index is 12.9. The van der Waals surface area contributed by atoms with Crippen LogP contribution in [-0.2, 0) is 11.0 Å². The standard InChI is InChI=1S/C24H20F3N3O4/c25-24(26,27)16-6-2-8-18(14-16)28-21(31)15-5-1-7-17(13-15)29-22(32)19-9-3-11-30(19)23(33)20-10-4-12-34-20/h1-2,4-8,10,12-14,19H,3,9,11H2,(H,28,31)(H,29,32)/t19-/m0/s1. The molecule has 10 heteroatoms. The van der Waals surface area contributed by atoms with E-state index in [1.54, 1.807) is 12.1 Å². The van der Waals surface area contributed by atoms with Gasteiger partial charge in [0.2, 0.25) is 5.91 Å². The molecule has 1 saturated heterocycles. The molecule has 2 heterocycles. The second-order valence-corrected chi connectivity index (χ2v) is 7.74. The number of alkyl halides is 3. The average Bonchev–Trinajstić information content (AvgIpc) is 3.51. The van der Waals surface area contributed by atoms with Gasteiger partial charge in [-0.15, -0.1) is 0 Å². The smallest absolute Gasteiger partial charge is 0.416 e. The molecule has 3 amide bonds. The van der Waals surface area contributed by atoms with Gasteiger partial charge in [-0.05, 0) is 61.4 Å². The average molecular weight is 471 g/mol. The highest BCUT2D eigenvalue weighted by atomic mass is 19.4. The minimum atomic E-state index is -4.53. The van der Waals surface area contributed by atoms with E-state index in [1.807, 2.05) is 0 Å². The van der Waals surface area contributed by atoms with E-state index in [2.05, 4.69) is 10.6 Å². The molecule has 176 valence electrons. The molecular formula is C24H20F3N3O4. The summed E-state index contributed by atoms with van der Waals surface area (Å²) in [7, 11) is 0. The molecule has 0 aliphatic carbocycles. The number of nitrogens with zero attached hydrogens (tertiary/aromatic N) is 1. The fourth-order valence-electron chi connectivity index (χ4n) is 3.76.